The maximum Gasteiger partial charge on any atom is 0.239 e. The number of para-hydroxylation sites is 1. The molecule has 1 amide bonds. The molecule has 2 rings (SSSR count). The summed E-state index contributed by atoms with van der Waals surface area (Å²) in [5, 5.41) is 2.46. The van der Waals surface area contributed by atoms with Crippen LogP contribution in [0.15, 0.2) is 30.3 Å². The summed E-state index contributed by atoms with van der Waals surface area (Å²) in [4.78, 5) is 9.44. The molecule has 0 atom stereocenters. The van der Waals surface area contributed by atoms with Crippen LogP contribution in [0.25, 0.3) is 0 Å². The van der Waals surface area contributed by atoms with Crippen LogP contribution >= 0.6 is 0 Å². The zero-order chi connectivity index (χ0) is 8.10. The molecule has 1 fully saturated rings. The standard InChI is InChI=1S/C6H7N.C2H3NO/c7-6-4-2-1-3-5-6;4-2-1-3-2/h1-5H,7H2;1H2,(H,3,4). The number of nitrogens with one attached hydrogen (secondary N) is 1. The fraction of sp³-hybridized carbons (Fsp3) is 0.125. The number of amides is 1. The molecule has 0 unspecified atom stereocenters. The van der Waals surface area contributed by atoms with Crippen LogP contribution in [0.2, 0.25) is 0 Å². The highest BCUT2D eigenvalue weighted by molar-refractivity contribution is 5.91. The van der Waals surface area contributed by atoms with Gasteiger partial charge in [0.1, 0.15) is 0 Å². The van der Waals surface area contributed by atoms with Gasteiger partial charge in [-0.25, -0.2) is 0 Å². The Morgan fingerprint density at radius 2 is 1.73 bits per heavy atom. The van der Waals surface area contributed by atoms with Gasteiger partial charge in [-0.1, -0.05) is 18.2 Å². The monoisotopic (exact) mass is 150 g/mol. The predicted molar refractivity (Wildman–Crippen MR) is 43.9 cm³/mol. The maximum absolute atomic E-state index is 9.44. The van der Waals surface area contributed by atoms with E-state index in [-0.39, 0.29) is 5.91 Å². The van der Waals surface area contributed by atoms with E-state index in [1.807, 2.05) is 30.3 Å². The van der Waals surface area contributed by atoms with Crippen LogP contribution in [0.1, 0.15) is 0 Å². The second kappa shape index (κ2) is 3.61. The first-order valence-electron chi connectivity index (χ1n) is 3.36. The molecular weight excluding hydrogens is 140 g/mol. The zero-order valence-electron chi connectivity index (χ0n) is 6.08. The number of carbonyl (C=O) groups is 1. The van der Waals surface area contributed by atoms with Crippen LogP contribution in [0.4, 0.5) is 5.69 Å². The molecule has 3 N–H and O–H groups in total. The van der Waals surface area contributed by atoms with Crippen molar-refractivity contribution in [2.75, 3.05) is 12.3 Å². The van der Waals surface area contributed by atoms with Gasteiger partial charge in [0.15, 0.2) is 0 Å². The number of anilines is 1. The summed E-state index contributed by atoms with van der Waals surface area (Å²) in [5.41, 5.74) is 6.18. The minimum Gasteiger partial charge on any atom is -0.399 e. The molecule has 1 aliphatic rings. The predicted octanol–water partition coefficient (Wildman–Crippen LogP) is 0.385. The topological polar surface area (TPSA) is 65.0 Å². The molecule has 3 nitrogen and oxygen atoms in total. The number of benzene rings is 1. The first kappa shape index (κ1) is 7.60. The molecule has 0 aliphatic carbocycles. The number of carbonyl (C=O) groups excluding carboxylic acids is 1. The van der Waals surface area contributed by atoms with E-state index in [4.69, 9.17) is 5.73 Å². The van der Waals surface area contributed by atoms with E-state index >= 15 is 0 Å². The molecule has 0 radical (unpaired) electrons. The van der Waals surface area contributed by atoms with Crippen LogP contribution in [0.3, 0.4) is 0 Å². The average Bonchev–Trinajstić information content (AvgIpc) is 2.75. The fourth-order valence-corrected chi connectivity index (χ4v) is 0.489. The van der Waals surface area contributed by atoms with Gasteiger partial charge in [-0.05, 0) is 12.1 Å². The van der Waals surface area contributed by atoms with Crippen molar-refractivity contribution < 1.29 is 4.79 Å². The SMILES string of the molecule is Nc1ccccc1.O=C1CN1. The lowest BCUT2D eigenvalue weighted by Gasteiger charge is -1.83. The lowest BCUT2D eigenvalue weighted by molar-refractivity contribution is -0.110. The largest absolute Gasteiger partial charge is 0.399 e. The van der Waals surface area contributed by atoms with Gasteiger partial charge in [0.2, 0.25) is 5.91 Å². The van der Waals surface area contributed by atoms with Crippen molar-refractivity contribution >= 4 is 11.6 Å². The number of hydrogen-bond donors (Lipinski definition) is 2. The van der Waals surface area contributed by atoms with Gasteiger partial charge in [-0.3, -0.25) is 4.79 Å². The molecule has 11 heavy (non-hydrogen) atoms. The molecule has 1 aromatic rings. The third-order valence-corrected chi connectivity index (χ3v) is 1.12. The summed E-state index contributed by atoms with van der Waals surface area (Å²) in [6.45, 7) is 0.597. The summed E-state index contributed by atoms with van der Waals surface area (Å²) < 4.78 is 0. The summed E-state index contributed by atoms with van der Waals surface area (Å²) >= 11 is 0. The molecule has 0 bridgehead atoms. The summed E-state index contributed by atoms with van der Waals surface area (Å²) in [7, 11) is 0. The van der Waals surface area contributed by atoms with Gasteiger partial charge in [0.05, 0.1) is 6.54 Å². The molecule has 1 aromatic carbocycles. The van der Waals surface area contributed by atoms with Crippen LogP contribution in [0.5, 0.6) is 0 Å². The van der Waals surface area contributed by atoms with E-state index in [1.165, 1.54) is 0 Å². The molecule has 0 spiro atoms. The highest BCUT2D eigenvalue weighted by atomic mass is 16.2. The molecule has 0 aromatic heterocycles. The van der Waals surface area contributed by atoms with Crippen molar-refractivity contribution in [1.82, 2.24) is 5.32 Å². The van der Waals surface area contributed by atoms with Gasteiger partial charge >= 0.3 is 0 Å². The molecule has 3 heteroatoms. The third-order valence-electron chi connectivity index (χ3n) is 1.12. The van der Waals surface area contributed by atoms with Crippen molar-refractivity contribution in [3.8, 4) is 0 Å². The molecule has 1 heterocycles. The van der Waals surface area contributed by atoms with Gasteiger partial charge < -0.3 is 11.1 Å². The highest BCUT2D eigenvalue weighted by Crippen LogP contribution is 1.95. The quantitative estimate of drug-likeness (QED) is 0.415. The lowest BCUT2D eigenvalue weighted by atomic mass is 10.3. The van der Waals surface area contributed by atoms with Crippen LogP contribution < -0.4 is 11.1 Å². The Morgan fingerprint density at radius 1 is 1.27 bits per heavy atom. The van der Waals surface area contributed by atoms with E-state index < -0.39 is 0 Å². The third kappa shape index (κ3) is 3.97. The Kier molecular flexibility index (Phi) is 2.49. The minimum absolute atomic E-state index is 0.167. The van der Waals surface area contributed by atoms with E-state index in [0.29, 0.717) is 6.54 Å². The van der Waals surface area contributed by atoms with Gasteiger partial charge in [0, 0.05) is 5.69 Å². The highest BCUT2D eigenvalue weighted by Gasteiger charge is 2.10. The Balaban J connectivity index is 0.000000128. The molecular formula is C8H10N2O. The van der Waals surface area contributed by atoms with E-state index in [2.05, 4.69) is 5.32 Å². The summed E-state index contributed by atoms with van der Waals surface area (Å²) in [6, 6.07) is 9.49. The fourth-order valence-electron chi connectivity index (χ4n) is 0.489. The first-order chi connectivity index (χ1) is 5.29. The number of hydrogen-bond acceptors (Lipinski definition) is 2. The molecule has 0 saturated carbocycles. The van der Waals surface area contributed by atoms with E-state index in [1.54, 1.807) is 0 Å². The van der Waals surface area contributed by atoms with Crippen molar-refractivity contribution in [3.05, 3.63) is 30.3 Å². The number of nitrogen functional groups attached to an aromatic ring is 1. The van der Waals surface area contributed by atoms with Crippen molar-refractivity contribution in [2.45, 2.75) is 0 Å². The molecule has 58 valence electrons. The Labute approximate surface area is 65.2 Å². The van der Waals surface area contributed by atoms with Gasteiger partial charge in [-0.2, -0.15) is 0 Å². The van der Waals surface area contributed by atoms with Crippen LogP contribution in [0, 0.1) is 0 Å². The van der Waals surface area contributed by atoms with Gasteiger partial charge in [-0.15, -0.1) is 0 Å². The van der Waals surface area contributed by atoms with E-state index in [9.17, 15) is 4.79 Å². The molecule has 1 aliphatic heterocycles. The average molecular weight is 150 g/mol. The zero-order valence-corrected chi connectivity index (χ0v) is 6.08. The second-order valence-electron chi connectivity index (χ2n) is 2.19. The van der Waals surface area contributed by atoms with Crippen LogP contribution in [-0.2, 0) is 4.79 Å². The Morgan fingerprint density at radius 3 is 1.91 bits per heavy atom. The second-order valence-corrected chi connectivity index (χ2v) is 2.19. The normalized spacial score (nSPS) is 12.5. The van der Waals surface area contributed by atoms with Crippen molar-refractivity contribution in [1.29, 1.82) is 0 Å². The van der Waals surface area contributed by atoms with Gasteiger partial charge in [0.25, 0.3) is 0 Å². The molecule has 1 saturated heterocycles. The van der Waals surface area contributed by atoms with E-state index in [0.717, 1.165) is 5.69 Å². The Bertz CT molecular complexity index is 227. The number of rotatable bonds is 0. The summed E-state index contributed by atoms with van der Waals surface area (Å²) in [6.07, 6.45) is 0. The number of nitrogens with two attached hydrogens (primary N) is 1. The Hall–Kier alpha value is -1.51. The van der Waals surface area contributed by atoms with Crippen LogP contribution in [-0.4, -0.2) is 12.5 Å². The minimum atomic E-state index is 0.167. The van der Waals surface area contributed by atoms with Crippen molar-refractivity contribution in [3.63, 3.8) is 0 Å². The lowest BCUT2D eigenvalue weighted by Crippen LogP contribution is -1.79. The van der Waals surface area contributed by atoms with Crippen molar-refractivity contribution in [2.24, 2.45) is 0 Å². The summed E-state index contributed by atoms with van der Waals surface area (Å²) in [5.74, 6) is 0.167. The maximum atomic E-state index is 9.44. The smallest absolute Gasteiger partial charge is 0.239 e. The first-order valence-corrected chi connectivity index (χ1v) is 3.36.